The Morgan fingerprint density at radius 2 is 1.97 bits per heavy atom. The molecule has 3 aromatic rings. The summed E-state index contributed by atoms with van der Waals surface area (Å²) in [6.07, 6.45) is 0.520. The number of rotatable bonds is 4. The normalized spacial score (nSPS) is 13.1. The van der Waals surface area contributed by atoms with E-state index in [1.807, 2.05) is 30.3 Å². The second kappa shape index (κ2) is 7.70. The predicted molar refractivity (Wildman–Crippen MR) is 103 cm³/mol. The fourth-order valence-corrected chi connectivity index (χ4v) is 3.36. The van der Waals surface area contributed by atoms with Crippen molar-refractivity contribution in [2.75, 3.05) is 13.2 Å². The van der Waals surface area contributed by atoms with Crippen LogP contribution in [0.1, 0.15) is 39.2 Å². The highest BCUT2D eigenvalue weighted by Crippen LogP contribution is 2.26. The maximum Gasteiger partial charge on any atom is 0.359 e. The zero-order valence-electron chi connectivity index (χ0n) is 15.8. The lowest BCUT2D eigenvalue weighted by molar-refractivity contribution is 0.0513. The number of amides is 1. The molecule has 1 aromatic carbocycles. The number of benzene rings is 1. The van der Waals surface area contributed by atoms with Gasteiger partial charge in [0, 0.05) is 24.6 Å². The van der Waals surface area contributed by atoms with Crippen molar-refractivity contribution in [2.45, 2.75) is 19.9 Å². The Morgan fingerprint density at radius 3 is 2.66 bits per heavy atom. The summed E-state index contributed by atoms with van der Waals surface area (Å²) in [7, 11) is 0. The molecule has 0 aliphatic carbocycles. The molecule has 3 heterocycles. The van der Waals surface area contributed by atoms with Gasteiger partial charge in [-0.15, -0.1) is 0 Å². The fraction of sp³-hybridized carbons (Fsp3) is 0.250. The second-order valence-electron chi connectivity index (χ2n) is 6.52. The minimum absolute atomic E-state index is 0.140. The number of esters is 1. The number of nitrogens with zero attached hydrogens (tertiary/aromatic N) is 4. The van der Waals surface area contributed by atoms with E-state index in [1.165, 1.54) is 12.1 Å². The van der Waals surface area contributed by atoms with Crippen LogP contribution in [0, 0.1) is 0 Å². The lowest BCUT2D eigenvalue weighted by Crippen LogP contribution is -2.37. The van der Waals surface area contributed by atoms with Crippen LogP contribution in [0.4, 0.5) is 0 Å². The smallest absolute Gasteiger partial charge is 0.359 e. The zero-order chi connectivity index (χ0) is 20.4. The average Bonchev–Trinajstić information content (AvgIpc) is 3.13. The van der Waals surface area contributed by atoms with Gasteiger partial charge in [0.15, 0.2) is 5.69 Å². The minimum atomic E-state index is -0.519. The number of aromatic nitrogens is 4. The first-order valence-electron chi connectivity index (χ1n) is 9.26. The van der Waals surface area contributed by atoms with E-state index < -0.39 is 5.97 Å². The van der Waals surface area contributed by atoms with Crippen LogP contribution in [0.25, 0.3) is 5.69 Å². The van der Waals surface area contributed by atoms with E-state index in [-0.39, 0.29) is 36.0 Å². The van der Waals surface area contributed by atoms with Crippen molar-refractivity contribution in [3.63, 3.8) is 0 Å². The van der Waals surface area contributed by atoms with Crippen LogP contribution in [0.2, 0.25) is 0 Å². The number of aromatic amines is 1. The minimum Gasteiger partial charge on any atom is -0.461 e. The maximum absolute atomic E-state index is 12.8. The van der Waals surface area contributed by atoms with Gasteiger partial charge in [-0.05, 0) is 25.1 Å². The van der Waals surface area contributed by atoms with Crippen LogP contribution in [0.3, 0.4) is 0 Å². The first kappa shape index (κ1) is 18.6. The average molecular weight is 393 g/mol. The van der Waals surface area contributed by atoms with E-state index in [0.717, 1.165) is 11.4 Å². The van der Waals surface area contributed by atoms with Gasteiger partial charge >= 0.3 is 5.97 Å². The van der Waals surface area contributed by atoms with Gasteiger partial charge < -0.3 is 9.64 Å². The van der Waals surface area contributed by atoms with E-state index in [1.54, 1.807) is 16.5 Å². The SMILES string of the molecule is CCOC(=O)c1nn(-c2ccccc2)c2c1CN(C(=O)c1ccc(=O)[nH]n1)CC2. The monoisotopic (exact) mass is 393 g/mol. The molecule has 0 fully saturated rings. The van der Waals surface area contributed by atoms with Crippen molar-refractivity contribution in [3.05, 3.63) is 75.5 Å². The number of H-pyrrole nitrogens is 1. The summed E-state index contributed by atoms with van der Waals surface area (Å²) in [5.41, 5.74) is 2.34. The van der Waals surface area contributed by atoms with Crippen molar-refractivity contribution in [2.24, 2.45) is 0 Å². The molecular weight excluding hydrogens is 374 g/mol. The number of hydrogen-bond acceptors (Lipinski definition) is 6. The highest BCUT2D eigenvalue weighted by atomic mass is 16.5. The van der Waals surface area contributed by atoms with E-state index in [4.69, 9.17) is 4.74 Å². The molecule has 29 heavy (non-hydrogen) atoms. The van der Waals surface area contributed by atoms with Crippen LogP contribution in [0.5, 0.6) is 0 Å². The molecule has 9 heteroatoms. The molecule has 148 valence electrons. The number of hydrogen-bond donors (Lipinski definition) is 1. The van der Waals surface area contributed by atoms with Gasteiger partial charge in [0.25, 0.3) is 11.5 Å². The number of para-hydroxylation sites is 1. The summed E-state index contributed by atoms with van der Waals surface area (Å²) in [6.45, 7) is 2.61. The number of fused-ring (bicyclic) bond motifs is 1. The van der Waals surface area contributed by atoms with Crippen LogP contribution in [-0.4, -0.2) is 49.9 Å². The Bertz CT molecular complexity index is 1100. The Morgan fingerprint density at radius 1 is 1.17 bits per heavy atom. The lowest BCUT2D eigenvalue weighted by Gasteiger charge is -2.27. The number of carbonyl (C=O) groups is 2. The third kappa shape index (κ3) is 3.54. The zero-order valence-corrected chi connectivity index (χ0v) is 15.8. The summed E-state index contributed by atoms with van der Waals surface area (Å²) in [5, 5.41) is 10.6. The third-order valence-electron chi connectivity index (χ3n) is 4.71. The first-order valence-corrected chi connectivity index (χ1v) is 9.26. The third-order valence-corrected chi connectivity index (χ3v) is 4.71. The van der Waals surface area contributed by atoms with Crippen LogP contribution in [0.15, 0.2) is 47.3 Å². The molecule has 0 radical (unpaired) electrons. The van der Waals surface area contributed by atoms with Gasteiger partial charge in [-0.2, -0.15) is 10.2 Å². The van der Waals surface area contributed by atoms with Gasteiger partial charge in [0.2, 0.25) is 0 Å². The number of nitrogens with one attached hydrogen (secondary N) is 1. The molecule has 1 aliphatic rings. The lowest BCUT2D eigenvalue weighted by atomic mass is 10.0. The molecule has 1 N–H and O–H groups in total. The summed E-state index contributed by atoms with van der Waals surface area (Å²) in [6, 6.07) is 12.2. The molecule has 9 nitrogen and oxygen atoms in total. The highest BCUT2D eigenvalue weighted by Gasteiger charge is 2.31. The largest absolute Gasteiger partial charge is 0.461 e. The van der Waals surface area contributed by atoms with E-state index in [0.29, 0.717) is 18.5 Å². The van der Waals surface area contributed by atoms with Crippen LogP contribution in [-0.2, 0) is 17.7 Å². The topological polar surface area (TPSA) is 110 Å². The standard InChI is InChI=1S/C20H19N5O4/c1-2-29-20(28)18-14-12-24(19(27)15-8-9-17(26)22-21-15)11-10-16(14)25(23-18)13-6-4-3-5-7-13/h3-9H,2,10-12H2,1H3,(H,22,26). The van der Waals surface area contributed by atoms with Crippen LogP contribution >= 0.6 is 0 Å². The van der Waals surface area contributed by atoms with Gasteiger partial charge in [-0.25, -0.2) is 14.6 Å². The summed E-state index contributed by atoms with van der Waals surface area (Å²) in [5.74, 6) is -0.843. The first-order chi connectivity index (χ1) is 14.1. The Labute approximate surface area is 165 Å². The van der Waals surface area contributed by atoms with E-state index >= 15 is 0 Å². The predicted octanol–water partition coefficient (Wildman–Crippen LogP) is 1.33. The van der Waals surface area contributed by atoms with Gasteiger partial charge in [-0.1, -0.05) is 18.2 Å². The molecule has 0 bridgehead atoms. The molecule has 0 saturated heterocycles. The Kier molecular flexibility index (Phi) is 4.94. The molecule has 1 aliphatic heterocycles. The molecular formula is C20H19N5O4. The maximum atomic E-state index is 12.8. The van der Waals surface area contributed by atoms with Crippen molar-refractivity contribution in [1.29, 1.82) is 0 Å². The Balaban J connectivity index is 1.71. The second-order valence-corrected chi connectivity index (χ2v) is 6.52. The number of ether oxygens (including phenoxy) is 1. The molecule has 0 saturated carbocycles. The van der Waals surface area contributed by atoms with Gasteiger partial charge in [-0.3, -0.25) is 9.59 Å². The Hall–Kier alpha value is -3.75. The van der Waals surface area contributed by atoms with Crippen molar-refractivity contribution in [1.82, 2.24) is 24.9 Å². The fourth-order valence-electron chi connectivity index (χ4n) is 3.36. The molecule has 1 amide bonds. The quantitative estimate of drug-likeness (QED) is 0.670. The summed E-state index contributed by atoms with van der Waals surface area (Å²) < 4.78 is 6.90. The van der Waals surface area contributed by atoms with Crippen molar-refractivity contribution < 1.29 is 14.3 Å². The van der Waals surface area contributed by atoms with Crippen molar-refractivity contribution in [3.8, 4) is 5.69 Å². The molecule has 4 rings (SSSR count). The molecule has 0 spiro atoms. The van der Waals surface area contributed by atoms with Crippen LogP contribution < -0.4 is 5.56 Å². The van der Waals surface area contributed by atoms with E-state index in [2.05, 4.69) is 15.3 Å². The van der Waals surface area contributed by atoms with Gasteiger partial charge in [0.1, 0.15) is 5.69 Å². The van der Waals surface area contributed by atoms with Gasteiger partial charge in [0.05, 0.1) is 24.5 Å². The van der Waals surface area contributed by atoms with Crippen molar-refractivity contribution >= 4 is 11.9 Å². The molecule has 0 unspecified atom stereocenters. The van der Waals surface area contributed by atoms with E-state index in [9.17, 15) is 14.4 Å². The summed E-state index contributed by atoms with van der Waals surface area (Å²) in [4.78, 5) is 38.1. The number of carbonyl (C=O) groups excluding carboxylic acids is 2. The highest BCUT2D eigenvalue weighted by molar-refractivity contribution is 5.93. The summed E-state index contributed by atoms with van der Waals surface area (Å²) >= 11 is 0. The molecule has 2 aromatic heterocycles. The molecule has 0 atom stereocenters.